The van der Waals surface area contributed by atoms with Crippen LogP contribution in [-0.4, -0.2) is 104 Å². The number of halogens is 2. The van der Waals surface area contributed by atoms with E-state index in [0.717, 1.165) is 11.5 Å². The third kappa shape index (κ3) is 18.7. The number of benzene rings is 1. The lowest BCUT2D eigenvalue weighted by Crippen LogP contribution is -2.13. The fourth-order valence-corrected chi connectivity index (χ4v) is 2.50. The maximum atomic E-state index is 5.68. The minimum atomic E-state index is 0.447. The third-order valence-electron chi connectivity index (χ3n) is 3.73. The molecule has 0 spiro atoms. The molecule has 0 saturated carbocycles. The first-order valence-corrected chi connectivity index (χ1v) is 11.9. The van der Waals surface area contributed by atoms with Crippen LogP contribution in [0.4, 0.5) is 0 Å². The van der Waals surface area contributed by atoms with Crippen molar-refractivity contribution in [2.75, 3.05) is 104 Å². The molecule has 0 saturated heterocycles. The largest absolute Gasteiger partial charge is 0.491 e. The molecule has 0 aliphatic carbocycles. The smallest absolute Gasteiger partial charge is 0.123 e. The summed E-state index contributed by atoms with van der Waals surface area (Å²) in [4.78, 5) is 0. The highest BCUT2D eigenvalue weighted by Crippen LogP contribution is 2.19. The van der Waals surface area contributed by atoms with Crippen LogP contribution in [0.25, 0.3) is 0 Å². The van der Waals surface area contributed by atoms with Crippen LogP contribution in [0.3, 0.4) is 0 Å². The molecule has 186 valence electrons. The molecule has 1 aromatic carbocycles. The standard InChI is InChI=1S/C22H36Cl2O8/c23-4-6-25-8-10-27-12-14-29-16-18-31-21-2-1-3-22(20-21)32-19-17-30-15-13-28-11-9-26-7-5-24/h1-3,20H,4-19H2. The van der Waals surface area contributed by atoms with E-state index < -0.39 is 0 Å². The third-order valence-corrected chi connectivity index (χ3v) is 4.04. The highest BCUT2D eigenvalue weighted by molar-refractivity contribution is 6.18. The Morgan fingerprint density at radius 2 is 0.750 bits per heavy atom. The Morgan fingerprint density at radius 3 is 1.09 bits per heavy atom. The Balaban J connectivity index is 1.94. The Hall–Kier alpha value is -0.840. The van der Waals surface area contributed by atoms with Gasteiger partial charge in [-0.15, -0.1) is 23.2 Å². The molecule has 1 aromatic rings. The summed E-state index contributed by atoms with van der Waals surface area (Å²) in [6.45, 7) is 7.14. The van der Waals surface area contributed by atoms with Crippen molar-refractivity contribution in [1.29, 1.82) is 0 Å². The van der Waals surface area contributed by atoms with Crippen LogP contribution in [0.5, 0.6) is 11.5 Å². The summed E-state index contributed by atoms with van der Waals surface area (Å²) in [5, 5.41) is 0. The quantitative estimate of drug-likeness (QED) is 0.159. The highest BCUT2D eigenvalue weighted by Gasteiger charge is 1.99. The molecule has 0 bridgehead atoms. The van der Waals surface area contributed by atoms with Gasteiger partial charge in [0.2, 0.25) is 0 Å². The summed E-state index contributed by atoms with van der Waals surface area (Å²) >= 11 is 11.0. The first-order chi connectivity index (χ1) is 15.9. The van der Waals surface area contributed by atoms with E-state index in [2.05, 4.69) is 0 Å². The van der Waals surface area contributed by atoms with Crippen molar-refractivity contribution in [3.63, 3.8) is 0 Å². The van der Waals surface area contributed by atoms with Crippen LogP contribution in [0.2, 0.25) is 0 Å². The Labute approximate surface area is 201 Å². The second-order valence-electron chi connectivity index (χ2n) is 6.22. The molecule has 0 heterocycles. The molecule has 0 radical (unpaired) electrons. The second-order valence-corrected chi connectivity index (χ2v) is 6.98. The van der Waals surface area contributed by atoms with Gasteiger partial charge < -0.3 is 37.9 Å². The van der Waals surface area contributed by atoms with Crippen LogP contribution in [0.1, 0.15) is 0 Å². The van der Waals surface area contributed by atoms with Crippen LogP contribution < -0.4 is 9.47 Å². The zero-order valence-corrected chi connectivity index (χ0v) is 20.2. The van der Waals surface area contributed by atoms with Gasteiger partial charge in [0.1, 0.15) is 24.7 Å². The topological polar surface area (TPSA) is 73.8 Å². The number of ether oxygens (including phenoxy) is 8. The minimum Gasteiger partial charge on any atom is -0.491 e. The lowest BCUT2D eigenvalue weighted by Gasteiger charge is -2.10. The normalized spacial score (nSPS) is 11.1. The lowest BCUT2D eigenvalue weighted by molar-refractivity contribution is 0.0112. The van der Waals surface area contributed by atoms with Crippen LogP contribution in [-0.2, 0) is 28.4 Å². The molecule has 0 aliphatic heterocycles. The van der Waals surface area contributed by atoms with E-state index in [1.54, 1.807) is 0 Å². The molecular formula is C22H36Cl2O8. The van der Waals surface area contributed by atoms with Gasteiger partial charge in [0.05, 0.1) is 79.3 Å². The van der Waals surface area contributed by atoms with Gasteiger partial charge in [-0.05, 0) is 12.1 Å². The summed E-state index contributed by atoms with van der Waals surface area (Å²) in [7, 11) is 0. The molecule has 0 N–H and O–H groups in total. The first-order valence-electron chi connectivity index (χ1n) is 10.8. The van der Waals surface area contributed by atoms with Crippen LogP contribution in [0, 0.1) is 0 Å². The maximum Gasteiger partial charge on any atom is 0.123 e. The molecule has 0 fully saturated rings. The van der Waals surface area contributed by atoms with Gasteiger partial charge in [-0.25, -0.2) is 0 Å². The Morgan fingerprint density at radius 1 is 0.438 bits per heavy atom. The maximum absolute atomic E-state index is 5.68. The van der Waals surface area contributed by atoms with E-state index in [-0.39, 0.29) is 0 Å². The fourth-order valence-electron chi connectivity index (χ4n) is 2.28. The molecule has 0 atom stereocenters. The van der Waals surface area contributed by atoms with Crippen molar-refractivity contribution in [1.82, 2.24) is 0 Å². The predicted octanol–water partition coefficient (Wildman–Crippen LogP) is 3.02. The van der Waals surface area contributed by atoms with E-state index in [0.29, 0.717) is 104 Å². The van der Waals surface area contributed by atoms with Gasteiger partial charge in [0.15, 0.2) is 0 Å². The predicted molar refractivity (Wildman–Crippen MR) is 124 cm³/mol. The van der Waals surface area contributed by atoms with Gasteiger partial charge >= 0.3 is 0 Å². The van der Waals surface area contributed by atoms with E-state index in [4.69, 9.17) is 61.1 Å². The van der Waals surface area contributed by atoms with Crippen molar-refractivity contribution < 1.29 is 37.9 Å². The average Bonchev–Trinajstić information content (AvgIpc) is 2.81. The molecule has 1 rings (SSSR count). The molecule has 10 heteroatoms. The summed E-state index contributed by atoms with van der Waals surface area (Å²) in [6.07, 6.45) is 0. The number of hydrogen-bond donors (Lipinski definition) is 0. The van der Waals surface area contributed by atoms with Crippen LogP contribution in [0.15, 0.2) is 24.3 Å². The minimum absolute atomic E-state index is 0.447. The van der Waals surface area contributed by atoms with Gasteiger partial charge in [-0.2, -0.15) is 0 Å². The van der Waals surface area contributed by atoms with Crippen molar-refractivity contribution in [2.24, 2.45) is 0 Å². The second kappa shape index (κ2) is 23.3. The average molecular weight is 499 g/mol. The number of alkyl halides is 2. The zero-order chi connectivity index (χ0) is 23.0. The van der Waals surface area contributed by atoms with E-state index in [9.17, 15) is 0 Å². The molecule has 32 heavy (non-hydrogen) atoms. The zero-order valence-electron chi connectivity index (χ0n) is 18.6. The summed E-state index contributed by atoms with van der Waals surface area (Å²) < 4.78 is 43.5. The summed E-state index contributed by atoms with van der Waals surface area (Å²) in [6, 6.07) is 7.48. The van der Waals surface area contributed by atoms with Crippen molar-refractivity contribution in [3.8, 4) is 11.5 Å². The van der Waals surface area contributed by atoms with Crippen molar-refractivity contribution >= 4 is 23.2 Å². The Bertz CT molecular complexity index is 483. The van der Waals surface area contributed by atoms with Gasteiger partial charge in [0.25, 0.3) is 0 Å². The summed E-state index contributed by atoms with van der Waals surface area (Å²) in [5.74, 6) is 2.44. The number of rotatable bonds is 24. The SMILES string of the molecule is ClCCOCCOCCOCCOc1cccc(OCCOCCOCCOCCCl)c1. The van der Waals surface area contributed by atoms with Gasteiger partial charge in [-0.3, -0.25) is 0 Å². The number of hydrogen-bond acceptors (Lipinski definition) is 8. The summed E-state index contributed by atoms with van der Waals surface area (Å²) in [5.41, 5.74) is 0. The Kier molecular flexibility index (Phi) is 21.3. The first kappa shape index (κ1) is 29.2. The van der Waals surface area contributed by atoms with Crippen molar-refractivity contribution in [2.45, 2.75) is 0 Å². The molecular weight excluding hydrogens is 463 g/mol. The fraction of sp³-hybridized carbons (Fsp3) is 0.727. The van der Waals surface area contributed by atoms with Gasteiger partial charge in [0, 0.05) is 17.8 Å². The molecule has 0 amide bonds. The van der Waals surface area contributed by atoms with Crippen LogP contribution >= 0.6 is 23.2 Å². The molecule has 0 aliphatic rings. The van der Waals surface area contributed by atoms with E-state index in [1.807, 2.05) is 24.3 Å². The monoisotopic (exact) mass is 498 g/mol. The molecule has 0 unspecified atom stereocenters. The highest BCUT2D eigenvalue weighted by atomic mass is 35.5. The van der Waals surface area contributed by atoms with E-state index >= 15 is 0 Å². The molecule has 8 nitrogen and oxygen atoms in total. The van der Waals surface area contributed by atoms with E-state index in [1.165, 1.54) is 0 Å². The lowest BCUT2D eigenvalue weighted by atomic mass is 10.3. The molecule has 0 aromatic heterocycles. The van der Waals surface area contributed by atoms with Gasteiger partial charge in [-0.1, -0.05) is 6.07 Å². The van der Waals surface area contributed by atoms with Crippen molar-refractivity contribution in [3.05, 3.63) is 24.3 Å².